The zero-order valence-electron chi connectivity index (χ0n) is 10.3. The van der Waals surface area contributed by atoms with Crippen molar-refractivity contribution in [3.05, 3.63) is 34.7 Å². The van der Waals surface area contributed by atoms with Crippen LogP contribution in [-0.4, -0.2) is 0 Å². The summed E-state index contributed by atoms with van der Waals surface area (Å²) in [7, 11) is -1.73. The molecule has 2 aromatic rings. The second-order valence-electron chi connectivity index (χ2n) is 4.49. The zero-order valence-corrected chi connectivity index (χ0v) is 12.0. The first-order chi connectivity index (χ1) is 7.80. The van der Waals surface area contributed by atoms with Crippen molar-refractivity contribution in [2.24, 2.45) is 0 Å². The van der Waals surface area contributed by atoms with Gasteiger partial charge >= 0.3 is 5.51 Å². The SMILES string of the molecule is Cc1ccc2c(c1)cc(C(C)C)[s+]2C(F)(F)F.Cl. The number of thiophene rings is 1. The Kier molecular flexibility index (Phi) is 4.34. The van der Waals surface area contributed by atoms with Crippen LogP contribution in [-0.2, 0) is 5.51 Å². The summed E-state index contributed by atoms with van der Waals surface area (Å²) >= 11 is 0. The summed E-state index contributed by atoms with van der Waals surface area (Å²) in [5.74, 6) is -0.0762. The predicted molar refractivity (Wildman–Crippen MR) is 73.8 cm³/mol. The minimum Gasteiger partial charge on any atom is -0.147 e. The van der Waals surface area contributed by atoms with Crippen molar-refractivity contribution in [2.75, 3.05) is 0 Å². The average Bonchev–Trinajstić information content (AvgIpc) is 2.55. The summed E-state index contributed by atoms with van der Waals surface area (Å²) in [4.78, 5) is 0.498. The van der Waals surface area contributed by atoms with Crippen LogP contribution >= 0.6 is 22.9 Å². The Bertz CT molecular complexity index is 555. The number of hydrogen-bond acceptors (Lipinski definition) is 0. The van der Waals surface area contributed by atoms with E-state index in [9.17, 15) is 13.2 Å². The van der Waals surface area contributed by atoms with Crippen LogP contribution in [0.3, 0.4) is 0 Å². The number of hydrogen-bond donors (Lipinski definition) is 0. The third-order valence-corrected chi connectivity index (χ3v) is 5.05. The highest BCUT2D eigenvalue weighted by molar-refractivity contribution is 7.38. The Morgan fingerprint density at radius 1 is 1.11 bits per heavy atom. The molecular formula is C13H15ClF3S+. The molecule has 0 saturated heterocycles. The number of alkyl halides is 3. The maximum Gasteiger partial charge on any atom is 0.600 e. The highest BCUT2D eigenvalue weighted by Gasteiger charge is 2.48. The molecule has 0 nitrogen and oxygen atoms in total. The van der Waals surface area contributed by atoms with Gasteiger partial charge in [-0.1, -0.05) is 25.5 Å². The van der Waals surface area contributed by atoms with Gasteiger partial charge in [0.05, 0.1) is 10.5 Å². The average molecular weight is 296 g/mol. The van der Waals surface area contributed by atoms with Crippen LogP contribution in [0.5, 0.6) is 0 Å². The quantitative estimate of drug-likeness (QED) is 0.573. The summed E-state index contributed by atoms with van der Waals surface area (Å²) in [6.07, 6.45) is 0. The zero-order chi connectivity index (χ0) is 12.8. The van der Waals surface area contributed by atoms with Gasteiger partial charge in [0.1, 0.15) is 0 Å². The molecule has 5 heteroatoms. The Morgan fingerprint density at radius 2 is 1.72 bits per heavy atom. The number of benzene rings is 1. The lowest BCUT2D eigenvalue weighted by Crippen LogP contribution is -1.99. The molecule has 0 radical (unpaired) electrons. The molecule has 1 aromatic heterocycles. The molecule has 0 aliphatic carbocycles. The smallest absolute Gasteiger partial charge is 0.147 e. The van der Waals surface area contributed by atoms with Gasteiger partial charge in [-0.3, -0.25) is 0 Å². The van der Waals surface area contributed by atoms with Crippen molar-refractivity contribution in [1.82, 2.24) is 0 Å². The molecule has 0 aliphatic rings. The summed E-state index contributed by atoms with van der Waals surface area (Å²) in [6.45, 7) is 5.53. The molecule has 1 unspecified atom stereocenters. The normalized spacial score (nSPS) is 12.9. The van der Waals surface area contributed by atoms with E-state index in [4.69, 9.17) is 0 Å². The number of fused-ring (bicyclic) bond motifs is 1. The van der Waals surface area contributed by atoms with Crippen molar-refractivity contribution in [3.63, 3.8) is 0 Å². The molecule has 100 valence electrons. The lowest BCUT2D eigenvalue weighted by Gasteiger charge is -2.02. The Labute approximate surface area is 113 Å². The van der Waals surface area contributed by atoms with Crippen molar-refractivity contribution >= 4 is 33.0 Å². The first-order valence-corrected chi connectivity index (χ1v) is 6.66. The summed E-state index contributed by atoms with van der Waals surface area (Å²) < 4.78 is 39.8. The fourth-order valence-corrected chi connectivity index (χ4v) is 4.01. The highest BCUT2D eigenvalue weighted by atomic mass is 35.5. The molecule has 0 fully saturated rings. The van der Waals surface area contributed by atoms with Gasteiger partial charge in [0, 0.05) is 17.4 Å². The van der Waals surface area contributed by atoms with Crippen LogP contribution < -0.4 is 0 Å². The van der Waals surface area contributed by atoms with E-state index in [2.05, 4.69) is 0 Å². The summed E-state index contributed by atoms with van der Waals surface area (Å²) in [5, 5.41) is 0.731. The number of aryl methyl sites for hydroxylation is 1. The van der Waals surface area contributed by atoms with Gasteiger partial charge in [0.2, 0.25) is 0 Å². The maximum atomic E-state index is 13.1. The van der Waals surface area contributed by atoms with Crippen LogP contribution in [0.15, 0.2) is 24.3 Å². The van der Waals surface area contributed by atoms with Crippen LogP contribution in [0, 0.1) is 6.92 Å². The van der Waals surface area contributed by atoms with Crippen molar-refractivity contribution in [3.8, 4) is 0 Å². The first-order valence-electron chi connectivity index (χ1n) is 5.44. The van der Waals surface area contributed by atoms with Crippen molar-refractivity contribution in [1.29, 1.82) is 0 Å². The van der Waals surface area contributed by atoms with Crippen LogP contribution in [0.1, 0.15) is 30.2 Å². The second kappa shape index (κ2) is 5.10. The third-order valence-electron chi connectivity index (χ3n) is 2.72. The standard InChI is InChI=1S/C13H14F3S.ClH/c1-8(2)12-7-10-6-9(3)4-5-11(10)17(12)13(14,15)16;/h4-8H,1-3H3;1H/q+1;. The van der Waals surface area contributed by atoms with Crippen molar-refractivity contribution < 1.29 is 13.2 Å². The lowest BCUT2D eigenvalue weighted by molar-refractivity contribution is -0.0868. The largest absolute Gasteiger partial charge is 0.600 e. The van der Waals surface area contributed by atoms with E-state index in [0.29, 0.717) is 9.58 Å². The Morgan fingerprint density at radius 3 is 2.22 bits per heavy atom. The van der Waals surface area contributed by atoms with Gasteiger partial charge in [0.25, 0.3) is 0 Å². The van der Waals surface area contributed by atoms with Gasteiger partial charge in [-0.05, 0) is 19.1 Å². The molecule has 0 amide bonds. The second-order valence-corrected chi connectivity index (χ2v) is 6.48. The number of rotatable bonds is 1. The maximum absolute atomic E-state index is 13.1. The molecule has 18 heavy (non-hydrogen) atoms. The van der Waals surface area contributed by atoms with E-state index in [1.54, 1.807) is 18.2 Å². The minimum atomic E-state index is -4.17. The molecule has 0 aliphatic heterocycles. The van der Waals surface area contributed by atoms with E-state index >= 15 is 0 Å². The summed E-state index contributed by atoms with van der Waals surface area (Å²) in [5.41, 5.74) is -3.17. The fraction of sp³-hybridized carbons (Fsp3) is 0.385. The molecule has 1 atom stereocenters. The van der Waals surface area contributed by atoms with Gasteiger partial charge < -0.3 is 0 Å². The van der Waals surface area contributed by atoms with E-state index in [1.807, 2.05) is 26.8 Å². The monoisotopic (exact) mass is 295 g/mol. The van der Waals surface area contributed by atoms with Crippen molar-refractivity contribution in [2.45, 2.75) is 32.2 Å². The molecule has 1 heterocycles. The predicted octanol–water partition coefficient (Wildman–Crippen LogP) is 5.92. The molecule has 0 saturated carbocycles. The molecule has 0 N–H and O–H groups in total. The van der Waals surface area contributed by atoms with Gasteiger partial charge in [-0.2, -0.15) is 0 Å². The third kappa shape index (κ3) is 2.64. The van der Waals surface area contributed by atoms with Gasteiger partial charge in [0.15, 0.2) is 9.58 Å². The van der Waals surface area contributed by atoms with Crippen LogP contribution in [0.25, 0.3) is 10.1 Å². The van der Waals surface area contributed by atoms with E-state index < -0.39 is 16.0 Å². The van der Waals surface area contributed by atoms with E-state index in [-0.39, 0.29) is 18.3 Å². The molecule has 1 aromatic carbocycles. The van der Waals surface area contributed by atoms with Gasteiger partial charge in [-0.25, -0.2) is 0 Å². The number of halogens is 4. The summed E-state index contributed by atoms with van der Waals surface area (Å²) in [6, 6.07) is 6.91. The minimum absolute atomic E-state index is 0. The fourth-order valence-electron chi connectivity index (χ4n) is 1.97. The Balaban J connectivity index is 0.00000162. The molecule has 2 rings (SSSR count). The van der Waals surface area contributed by atoms with E-state index in [1.165, 1.54) is 0 Å². The lowest BCUT2D eigenvalue weighted by atomic mass is 10.1. The molecular weight excluding hydrogens is 281 g/mol. The van der Waals surface area contributed by atoms with Crippen LogP contribution in [0.4, 0.5) is 13.2 Å². The van der Waals surface area contributed by atoms with Crippen LogP contribution in [0.2, 0.25) is 0 Å². The first kappa shape index (κ1) is 15.3. The van der Waals surface area contributed by atoms with E-state index in [0.717, 1.165) is 10.9 Å². The molecule has 0 spiro atoms. The topological polar surface area (TPSA) is 0 Å². The highest BCUT2D eigenvalue weighted by Crippen LogP contribution is 2.52. The Hall–Kier alpha value is -0.740. The molecule has 0 bridgehead atoms. The van der Waals surface area contributed by atoms with Gasteiger partial charge in [-0.15, -0.1) is 25.6 Å².